The first kappa shape index (κ1) is 41.3. The summed E-state index contributed by atoms with van der Waals surface area (Å²) in [6, 6.07) is 16.1. The number of piperazine rings is 1. The van der Waals surface area contributed by atoms with E-state index in [1.54, 1.807) is 0 Å². The SMILES string of the molecule is CC(C)C[C@@H](NC(=O)[C@@H](Cc1ccccc1)NC(=O)[C@H](N)Cc1ccccc1)C(=O)N[C@H](CCCCN)C(=O)N1CCC2(CC1)CC(N1CCNCC1)C2. The van der Waals surface area contributed by atoms with Crippen LogP contribution in [-0.4, -0.2) is 109 Å². The summed E-state index contributed by atoms with van der Waals surface area (Å²) in [7, 11) is 0. The summed E-state index contributed by atoms with van der Waals surface area (Å²) in [4.78, 5) is 60.0. The third-order valence-corrected chi connectivity index (χ3v) is 11.6. The van der Waals surface area contributed by atoms with Gasteiger partial charge in [-0.1, -0.05) is 74.5 Å². The Balaban J connectivity index is 1.22. The number of unbranched alkanes of at least 4 members (excludes halogenated alkanes) is 1. The van der Waals surface area contributed by atoms with Gasteiger partial charge in [-0.15, -0.1) is 0 Å². The molecule has 2 aromatic rings. The van der Waals surface area contributed by atoms with Gasteiger partial charge in [0.1, 0.15) is 18.1 Å². The van der Waals surface area contributed by atoms with E-state index in [-0.39, 0.29) is 18.2 Å². The maximum atomic E-state index is 14.1. The summed E-state index contributed by atoms with van der Waals surface area (Å²) in [6.45, 7) is 10.2. The van der Waals surface area contributed by atoms with Crippen molar-refractivity contribution in [2.45, 2.75) is 108 Å². The lowest BCUT2D eigenvalue weighted by molar-refractivity contribution is -0.141. The Bertz CT molecular complexity index is 1490. The van der Waals surface area contributed by atoms with Crippen molar-refractivity contribution in [2.24, 2.45) is 22.8 Å². The first-order valence-corrected chi connectivity index (χ1v) is 20.2. The largest absolute Gasteiger partial charge is 0.343 e. The summed E-state index contributed by atoms with van der Waals surface area (Å²) >= 11 is 0. The summed E-state index contributed by atoms with van der Waals surface area (Å²) in [5.74, 6) is -1.33. The Morgan fingerprint density at radius 3 is 1.91 bits per heavy atom. The van der Waals surface area contributed by atoms with E-state index in [0.717, 1.165) is 56.6 Å². The zero-order chi connectivity index (χ0) is 38.5. The molecule has 3 fully saturated rings. The van der Waals surface area contributed by atoms with Crippen LogP contribution in [0.15, 0.2) is 60.7 Å². The Morgan fingerprint density at radius 1 is 0.759 bits per heavy atom. The van der Waals surface area contributed by atoms with Crippen molar-refractivity contribution in [2.75, 3.05) is 45.8 Å². The van der Waals surface area contributed by atoms with Crippen molar-refractivity contribution in [3.63, 3.8) is 0 Å². The number of carbonyl (C=O) groups is 4. The van der Waals surface area contributed by atoms with Crippen LogP contribution in [0.5, 0.6) is 0 Å². The van der Waals surface area contributed by atoms with Gasteiger partial charge in [-0.25, -0.2) is 0 Å². The van der Waals surface area contributed by atoms with E-state index >= 15 is 0 Å². The summed E-state index contributed by atoms with van der Waals surface area (Å²) in [5.41, 5.74) is 14.2. The van der Waals surface area contributed by atoms with Crippen molar-refractivity contribution >= 4 is 23.6 Å². The van der Waals surface area contributed by atoms with Gasteiger partial charge in [-0.05, 0) is 86.8 Å². The van der Waals surface area contributed by atoms with E-state index < -0.39 is 41.9 Å². The number of hydrogen-bond donors (Lipinski definition) is 6. The molecule has 296 valence electrons. The highest BCUT2D eigenvalue weighted by atomic mass is 16.2. The molecule has 0 unspecified atom stereocenters. The van der Waals surface area contributed by atoms with E-state index in [4.69, 9.17) is 11.5 Å². The molecule has 2 aromatic carbocycles. The minimum Gasteiger partial charge on any atom is -0.343 e. The molecule has 54 heavy (non-hydrogen) atoms. The fourth-order valence-corrected chi connectivity index (χ4v) is 8.37. The number of nitrogens with one attached hydrogen (secondary N) is 4. The van der Waals surface area contributed by atoms with Crippen LogP contribution in [0.4, 0.5) is 0 Å². The van der Waals surface area contributed by atoms with Crippen LogP contribution in [0.25, 0.3) is 0 Å². The number of nitrogens with two attached hydrogens (primary N) is 2. The van der Waals surface area contributed by atoms with Crippen molar-refractivity contribution in [3.05, 3.63) is 71.8 Å². The molecule has 1 spiro atoms. The van der Waals surface area contributed by atoms with Gasteiger partial charge in [0.15, 0.2) is 0 Å². The second-order valence-corrected chi connectivity index (χ2v) is 16.3. The molecule has 2 heterocycles. The molecule has 3 aliphatic rings. The third-order valence-electron chi connectivity index (χ3n) is 11.6. The highest BCUT2D eigenvalue weighted by molar-refractivity contribution is 5.95. The zero-order valence-corrected chi connectivity index (χ0v) is 32.4. The number of nitrogens with zero attached hydrogens (tertiary/aromatic N) is 2. The zero-order valence-electron chi connectivity index (χ0n) is 32.4. The Hall–Kier alpha value is -3.84. The van der Waals surface area contributed by atoms with Crippen molar-refractivity contribution in [1.29, 1.82) is 0 Å². The van der Waals surface area contributed by atoms with Crippen LogP contribution < -0.4 is 32.7 Å². The monoisotopic (exact) mass is 745 g/mol. The summed E-state index contributed by atoms with van der Waals surface area (Å²) < 4.78 is 0. The lowest BCUT2D eigenvalue weighted by Gasteiger charge is -2.56. The van der Waals surface area contributed by atoms with Gasteiger partial charge in [0.05, 0.1) is 6.04 Å². The minimum atomic E-state index is -0.968. The molecule has 1 aliphatic carbocycles. The highest BCUT2D eigenvalue weighted by Crippen LogP contribution is 2.51. The average molecular weight is 745 g/mol. The van der Waals surface area contributed by atoms with Crippen molar-refractivity contribution in [3.8, 4) is 0 Å². The number of rotatable bonds is 18. The first-order chi connectivity index (χ1) is 26.1. The molecule has 0 aromatic heterocycles. The molecule has 4 atom stereocenters. The molecule has 0 bridgehead atoms. The molecular weight excluding hydrogens is 681 g/mol. The number of amides is 4. The van der Waals surface area contributed by atoms with Gasteiger partial charge in [0, 0.05) is 51.7 Å². The average Bonchev–Trinajstić information content (AvgIpc) is 3.16. The van der Waals surface area contributed by atoms with Crippen LogP contribution in [-0.2, 0) is 32.0 Å². The van der Waals surface area contributed by atoms with E-state index in [0.29, 0.717) is 56.8 Å². The third kappa shape index (κ3) is 11.8. The highest BCUT2D eigenvalue weighted by Gasteiger charge is 2.48. The van der Waals surface area contributed by atoms with Crippen LogP contribution in [0.3, 0.4) is 0 Å². The standard InChI is InChI=1S/C42H64N8O4/c1-30(2)25-36(48-40(53)37(27-32-13-7-4-8-14-32)47-38(51)34(44)26-31-11-5-3-6-12-31)39(52)46-35(15-9-10-18-43)41(54)50-21-16-42(17-22-50)28-33(29-42)49-23-19-45-20-24-49/h3-8,11-14,30,33-37,45H,9-10,15-29,43-44H2,1-2H3,(H,46,52)(H,47,51)(H,48,53)/t34-,35-,36-,37-/m1/s1. The second kappa shape index (κ2) is 20.2. The van der Waals surface area contributed by atoms with Gasteiger partial charge in [-0.2, -0.15) is 0 Å². The quantitative estimate of drug-likeness (QED) is 0.126. The molecule has 2 saturated heterocycles. The normalized spacial score (nSPS) is 19.7. The van der Waals surface area contributed by atoms with Gasteiger partial charge in [-0.3, -0.25) is 24.1 Å². The van der Waals surface area contributed by atoms with Crippen molar-refractivity contribution in [1.82, 2.24) is 31.1 Å². The maximum Gasteiger partial charge on any atom is 0.245 e. The molecule has 0 radical (unpaired) electrons. The van der Waals surface area contributed by atoms with E-state index in [1.807, 2.05) is 79.4 Å². The number of piperidine rings is 1. The van der Waals surface area contributed by atoms with Gasteiger partial charge in [0.2, 0.25) is 23.6 Å². The molecule has 12 heteroatoms. The van der Waals surface area contributed by atoms with Gasteiger partial charge >= 0.3 is 0 Å². The second-order valence-electron chi connectivity index (χ2n) is 16.3. The van der Waals surface area contributed by atoms with Crippen LogP contribution in [0, 0.1) is 11.3 Å². The molecule has 12 nitrogen and oxygen atoms in total. The molecular formula is C42H64N8O4. The number of hydrogen-bond acceptors (Lipinski definition) is 8. The fraction of sp³-hybridized carbons (Fsp3) is 0.619. The number of likely N-dealkylation sites (tertiary alicyclic amines) is 1. The van der Waals surface area contributed by atoms with Gasteiger partial charge in [0.25, 0.3) is 0 Å². The molecule has 2 aliphatic heterocycles. The number of benzene rings is 2. The fourth-order valence-electron chi connectivity index (χ4n) is 8.37. The van der Waals surface area contributed by atoms with E-state index in [1.165, 1.54) is 12.8 Å². The topological polar surface area (TPSA) is 175 Å². The maximum absolute atomic E-state index is 14.1. The smallest absolute Gasteiger partial charge is 0.245 e. The Kier molecular flexibility index (Phi) is 15.4. The predicted molar refractivity (Wildman–Crippen MR) is 212 cm³/mol. The van der Waals surface area contributed by atoms with Crippen LogP contribution >= 0.6 is 0 Å². The predicted octanol–water partition coefficient (Wildman–Crippen LogP) is 2.11. The molecule has 8 N–H and O–H groups in total. The molecule has 4 amide bonds. The lowest BCUT2D eigenvalue weighted by Crippen LogP contribution is -2.61. The minimum absolute atomic E-state index is 0.0653. The Morgan fingerprint density at radius 2 is 1.31 bits per heavy atom. The summed E-state index contributed by atoms with van der Waals surface area (Å²) in [5, 5.41) is 12.3. The van der Waals surface area contributed by atoms with Gasteiger partial charge < -0.3 is 37.6 Å². The molecule has 1 saturated carbocycles. The molecule has 5 rings (SSSR count). The number of carbonyl (C=O) groups excluding carboxylic acids is 4. The lowest BCUT2D eigenvalue weighted by atomic mass is 9.60. The first-order valence-electron chi connectivity index (χ1n) is 20.2. The Labute approximate surface area is 321 Å². The van der Waals surface area contributed by atoms with Crippen molar-refractivity contribution < 1.29 is 19.2 Å². The van der Waals surface area contributed by atoms with E-state index in [2.05, 4.69) is 26.2 Å². The van der Waals surface area contributed by atoms with Crippen LogP contribution in [0.2, 0.25) is 0 Å². The van der Waals surface area contributed by atoms with Crippen LogP contribution in [0.1, 0.15) is 76.3 Å². The summed E-state index contributed by atoms with van der Waals surface area (Å²) in [6.07, 6.45) is 7.20. The van der Waals surface area contributed by atoms with E-state index in [9.17, 15) is 19.2 Å².